The zero-order valence-electron chi connectivity index (χ0n) is 3.86. The van der Waals surface area contributed by atoms with Gasteiger partial charge in [-0.25, -0.2) is 0 Å². The molecule has 0 atom stereocenters. The molecule has 0 aliphatic heterocycles. The summed E-state index contributed by atoms with van der Waals surface area (Å²) in [5, 5.41) is 0. The fourth-order valence-electron chi connectivity index (χ4n) is 0. The molecular formula is Na3OP. The van der Waals surface area contributed by atoms with Crippen molar-refractivity contribution < 1.29 is 4.57 Å². The monoisotopic (exact) mass is 116 g/mol. The number of hydrogen-bond acceptors (Lipinski definition) is 1. The molecule has 0 aliphatic carbocycles. The van der Waals surface area contributed by atoms with Gasteiger partial charge < -0.3 is 0 Å². The summed E-state index contributed by atoms with van der Waals surface area (Å²) in [7, 11) is 0. The summed E-state index contributed by atoms with van der Waals surface area (Å²) >= 11 is 2.96. The molecule has 0 fully saturated rings. The molecule has 5 heteroatoms. The Morgan fingerprint density at radius 2 is 1.20 bits per heavy atom. The summed E-state index contributed by atoms with van der Waals surface area (Å²) in [5.74, 6) is 0. The van der Waals surface area contributed by atoms with Gasteiger partial charge in [-0.15, -0.1) is 0 Å². The van der Waals surface area contributed by atoms with Crippen LogP contribution in [0.1, 0.15) is 0 Å². The molecule has 1 nitrogen and oxygen atoms in total. The average Bonchev–Trinajstić information content (AvgIpc) is 0.722. The Hall–Kier alpha value is 3.23. The van der Waals surface area contributed by atoms with Crippen LogP contribution in [0.5, 0.6) is 0 Å². The Labute approximate surface area is 81.7 Å². The quantitative estimate of drug-likeness (QED) is 0.311. The van der Waals surface area contributed by atoms with Crippen LogP contribution in [0.25, 0.3) is 0 Å². The Morgan fingerprint density at radius 3 is 1.20 bits per heavy atom. The van der Waals surface area contributed by atoms with Crippen molar-refractivity contribution in [2.45, 2.75) is 0 Å². The Morgan fingerprint density at radius 1 is 1.20 bits per heavy atom. The zero-order valence-corrected chi connectivity index (χ0v) is 10.7. The molecule has 0 N–H and O–H groups in total. The minimum absolute atomic E-state index is 0.987. The molecule has 0 rings (SSSR count). The molecule has 0 saturated carbocycles. The molecule has 0 radical (unpaired) electrons. The molecule has 0 heterocycles. The van der Waals surface area contributed by atoms with Crippen LogP contribution in [0, 0.1) is 0 Å². The van der Waals surface area contributed by atoms with Gasteiger partial charge in [-0.2, -0.15) is 0 Å². The van der Waals surface area contributed by atoms with Gasteiger partial charge >= 0.3 is 83.9 Å². The van der Waals surface area contributed by atoms with Crippen molar-refractivity contribution in [2.75, 3.05) is 0 Å². The van der Waals surface area contributed by atoms with Crippen molar-refractivity contribution in [3.63, 3.8) is 0 Å². The van der Waals surface area contributed by atoms with Crippen molar-refractivity contribution in [1.82, 2.24) is 0 Å². The maximum absolute atomic E-state index is 10.4. The summed E-state index contributed by atoms with van der Waals surface area (Å²) in [5.41, 5.74) is 0. The third kappa shape index (κ3) is 19.0. The van der Waals surface area contributed by atoms with Crippen LogP contribution in [-0.2, 0) is 4.57 Å². The van der Waals surface area contributed by atoms with E-state index in [0.29, 0.717) is 0 Å². The first-order chi connectivity index (χ1) is 2.00. The Bertz CT molecular complexity index is 53.0. The van der Waals surface area contributed by atoms with E-state index in [1.807, 2.05) is 0 Å². The van der Waals surface area contributed by atoms with Gasteiger partial charge in [0.15, 0.2) is 0 Å². The number of hydrogen-bond donors (Lipinski definition) is 0. The first-order valence-corrected chi connectivity index (χ1v) is 12.6. The van der Waals surface area contributed by atoms with Gasteiger partial charge in [-0.05, 0) is 0 Å². The van der Waals surface area contributed by atoms with Crippen LogP contribution in [0.4, 0.5) is 0 Å². The van der Waals surface area contributed by atoms with E-state index in [2.05, 4.69) is 0 Å². The predicted molar refractivity (Wildman–Crippen MR) is 24.9 cm³/mol. The normalized spacial score (nSPS) is 12.4. The average molecular weight is 116 g/mol. The van der Waals surface area contributed by atoms with Crippen molar-refractivity contribution in [2.24, 2.45) is 0 Å². The van der Waals surface area contributed by atoms with Crippen molar-refractivity contribution in [3.05, 3.63) is 0 Å². The summed E-state index contributed by atoms with van der Waals surface area (Å²) in [6.45, 7) is 0. The van der Waals surface area contributed by atoms with Crippen LogP contribution in [0.3, 0.4) is 0 Å². The van der Waals surface area contributed by atoms with E-state index in [0.717, 1.165) is 81.9 Å². The van der Waals surface area contributed by atoms with Crippen LogP contribution < -0.4 is 0 Å². The van der Waals surface area contributed by atoms with E-state index in [-0.39, 0.29) is 0 Å². The summed E-state index contributed by atoms with van der Waals surface area (Å²) in [6, 6.07) is 0. The molecule has 0 bridgehead atoms. The topological polar surface area (TPSA) is 17.1 Å². The Kier molecular flexibility index (Phi) is 5.42. The van der Waals surface area contributed by atoms with Crippen LogP contribution in [-0.4, -0.2) is 81.9 Å². The molecule has 0 aromatic carbocycles. The molecule has 0 amide bonds. The molecule has 0 aromatic rings. The third-order valence-electron chi connectivity index (χ3n) is 0. The summed E-state index contributed by atoms with van der Waals surface area (Å²) in [6.07, 6.45) is 0. The third-order valence-corrected chi connectivity index (χ3v) is 0. The van der Waals surface area contributed by atoms with E-state index in [9.17, 15) is 4.57 Å². The first-order valence-electron chi connectivity index (χ1n) is 1.52. The molecule has 0 unspecified atom stereocenters. The SMILES string of the molecule is O=[P]([Na])([Na])[Na]. The van der Waals surface area contributed by atoms with Gasteiger partial charge in [0.25, 0.3) is 0 Å². The molecule has 0 spiro atoms. The molecule has 5 heavy (non-hydrogen) atoms. The number of rotatable bonds is 0. The van der Waals surface area contributed by atoms with Crippen LogP contribution >= 0.6 is -2.59 Å². The van der Waals surface area contributed by atoms with Gasteiger partial charge in [0.2, 0.25) is 0 Å². The fraction of sp³-hybridized carbons (Fsp3) is 0. The standard InChI is InChI=1S/3Na.OP/c;;;1-2. The molecule has 0 aliphatic rings. The van der Waals surface area contributed by atoms with Gasteiger partial charge in [-0.3, -0.25) is 0 Å². The molecule has 0 aromatic heterocycles. The van der Waals surface area contributed by atoms with Crippen LogP contribution in [0.15, 0.2) is 0 Å². The molecular weight excluding hydrogens is 116 g/mol. The van der Waals surface area contributed by atoms with Gasteiger partial charge in [0.05, 0.1) is 0 Å². The second-order valence-electron chi connectivity index (χ2n) is 1.89. The second kappa shape index (κ2) is 3.29. The van der Waals surface area contributed by atoms with E-state index in [1.165, 1.54) is 0 Å². The van der Waals surface area contributed by atoms with Gasteiger partial charge in [-0.1, -0.05) is 0 Å². The zero-order chi connectivity index (χ0) is 4.50. The first kappa shape index (κ1) is 8.23. The summed E-state index contributed by atoms with van der Waals surface area (Å²) < 4.78 is 9.18. The van der Waals surface area contributed by atoms with Crippen LogP contribution in [0.2, 0.25) is 0 Å². The predicted octanol–water partition coefficient (Wildman–Crippen LogP) is -0.400. The van der Waals surface area contributed by atoms with E-state index < -0.39 is -2.59 Å². The minimum atomic E-state index is -1.22. The summed E-state index contributed by atoms with van der Waals surface area (Å²) in [4.78, 5) is 0. The van der Waals surface area contributed by atoms with Gasteiger partial charge in [0.1, 0.15) is 0 Å². The molecule has 0 saturated heterocycles. The maximum atomic E-state index is 10.4. The fourth-order valence-corrected chi connectivity index (χ4v) is 0. The van der Waals surface area contributed by atoms with E-state index in [1.54, 1.807) is 0 Å². The second-order valence-corrected chi connectivity index (χ2v) is 41.2. The van der Waals surface area contributed by atoms with Crippen molar-refractivity contribution in [3.8, 4) is 0 Å². The van der Waals surface area contributed by atoms with Gasteiger partial charge in [0, 0.05) is 0 Å². The van der Waals surface area contributed by atoms with Crippen molar-refractivity contribution in [1.29, 1.82) is 0 Å². The van der Waals surface area contributed by atoms with Crippen molar-refractivity contribution >= 4 is 79.3 Å². The molecule has 14 valence electrons. The Balaban J connectivity index is 3.47. The van der Waals surface area contributed by atoms with E-state index >= 15 is 0 Å². The van der Waals surface area contributed by atoms with E-state index in [4.69, 9.17) is 0 Å².